The Morgan fingerprint density at radius 1 is 0.950 bits per heavy atom. The molecule has 0 bridgehead atoms. The van der Waals surface area contributed by atoms with Crippen LogP contribution in [0.15, 0.2) is 51.4 Å². The van der Waals surface area contributed by atoms with Crippen molar-refractivity contribution in [2.75, 3.05) is 5.33 Å². The summed E-state index contributed by atoms with van der Waals surface area (Å²) in [5.41, 5.74) is 2.46. The first-order chi connectivity index (χ1) is 9.58. The van der Waals surface area contributed by atoms with E-state index in [9.17, 15) is 4.39 Å². The van der Waals surface area contributed by atoms with Crippen LogP contribution in [0.25, 0.3) is 0 Å². The van der Waals surface area contributed by atoms with Crippen LogP contribution in [-0.2, 0) is 12.8 Å². The molecule has 2 rings (SSSR count). The monoisotopic (exact) mass is 462 g/mol. The maximum Gasteiger partial charge on any atom is 0.124 e. The molecule has 1 atom stereocenters. The van der Waals surface area contributed by atoms with Crippen molar-refractivity contribution in [3.8, 4) is 0 Å². The van der Waals surface area contributed by atoms with Crippen molar-refractivity contribution in [3.63, 3.8) is 0 Å². The molecule has 0 aliphatic carbocycles. The summed E-state index contributed by atoms with van der Waals surface area (Å²) in [6, 6.07) is 13.3. The van der Waals surface area contributed by atoms with Crippen LogP contribution in [-0.4, -0.2) is 5.33 Å². The van der Waals surface area contributed by atoms with E-state index in [-0.39, 0.29) is 5.82 Å². The Balaban J connectivity index is 2.07. The number of benzene rings is 2. The summed E-state index contributed by atoms with van der Waals surface area (Å²) in [4.78, 5) is 0. The third-order valence-corrected chi connectivity index (χ3v) is 5.36. The van der Waals surface area contributed by atoms with E-state index in [4.69, 9.17) is 0 Å². The molecule has 106 valence electrons. The largest absolute Gasteiger partial charge is 0.207 e. The zero-order valence-corrected chi connectivity index (χ0v) is 15.5. The van der Waals surface area contributed by atoms with Gasteiger partial charge in [-0.1, -0.05) is 66.0 Å². The molecule has 1 unspecified atom stereocenters. The average molecular weight is 465 g/mol. The number of hydrogen-bond acceptors (Lipinski definition) is 0. The van der Waals surface area contributed by atoms with Gasteiger partial charge >= 0.3 is 0 Å². The van der Waals surface area contributed by atoms with E-state index < -0.39 is 0 Å². The van der Waals surface area contributed by atoms with E-state index >= 15 is 0 Å². The molecular weight excluding hydrogens is 451 g/mol. The lowest BCUT2D eigenvalue weighted by molar-refractivity contribution is 0.586. The highest BCUT2D eigenvalue weighted by Crippen LogP contribution is 2.24. The van der Waals surface area contributed by atoms with E-state index in [2.05, 4.69) is 72.1 Å². The second kappa shape index (κ2) is 7.71. The minimum atomic E-state index is -0.205. The first-order valence-electron chi connectivity index (χ1n) is 6.33. The Hall–Kier alpha value is -0.190. The Labute approximate surface area is 144 Å². The minimum Gasteiger partial charge on any atom is -0.207 e. The van der Waals surface area contributed by atoms with E-state index in [0.717, 1.165) is 32.7 Å². The van der Waals surface area contributed by atoms with Gasteiger partial charge in [-0.05, 0) is 54.2 Å². The second-order valence-corrected chi connectivity index (χ2v) is 7.21. The molecule has 2 aromatic carbocycles. The molecule has 0 spiro atoms. The first-order valence-corrected chi connectivity index (χ1v) is 9.03. The molecule has 0 aromatic heterocycles. The van der Waals surface area contributed by atoms with Gasteiger partial charge in [-0.3, -0.25) is 0 Å². The van der Waals surface area contributed by atoms with E-state index in [0.29, 0.717) is 5.92 Å². The number of rotatable bonds is 5. The lowest BCUT2D eigenvalue weighted by Crippen LogP contribution is -2.10. The van der Waals surface area contributed by atoms with Crippen LogP contribution in [0.1, 0.15) is 11.1 Å². The molecule has 0 fully saturated rings. The molecule has 0 heterocycles. The zero-order valence-electron chi connectivity index (χ0n) is 10.8. The van der Waals surface area contributed by atoms with Crippen molar-refractivity contribution in [2.45, 2.75) is 12.8 Å². The Bertz CT molecular complexity index is 566. The van der Waals surface area contributed by atoms with Crippen molar-refractivity contribution in [2.24, 2.45) is 5.92 Å². The highest BCUT2D eigenvalue weighted by molar-refractivity contribution is 9.10. The molecule has 20 heavy (non-hydrogen) atoms. The van der Waals surface area contributed by atoms with Crippen LogP contribution < -0.4 is 0 Å². The van der Waals surface area contributed by atoms with Crippen molar-refractivity contribution in [1.29, 1.82) is 0 Å². The van der Waals surface area contributed by atoms with Gasteiger partial charge in [-0.15, -0.1) is 0 Å². The average Bonchev–Trinajstić information content (AvgIpc) is 2.43. The van der Waals surface area contributed by atoms with Crippen LogP contribution in [0, 0.1) is 11.7 Å². The summed E-state index contributed by atoms with van der Waals surface area (Å²) in [5, 5.41) is 0.923. The summed E-state index contributed by atoms with van der Waals surface area (Å²) >= 11 is 10.5. The first kappa shape index (κ1) is 16.2. The molecule has 0 saturated carbocycles. The van der Waals surface area contributed by atoms with Crippen molar-refractivity contribution in [1.82, 2.24) is 0 Å². The summed E-state index contributed by atoms with van der Waals surface area (Å²) in [5.74, 6) is 0.280. The predicted molar refractivity (Wildman–Crippen MR) is 92.9 cm³/mol. The van der Waals surface area contributed by atoms with Gasteiger partial charge in [0.15, 0.2) is 0 Å². The van der Waals surface area contributed by atoms with Crippen LogP contribution in [0.4, 0.5) is 4.39 Å². The van der Waals surface area contributed by atoms with Gasteiger partial charge < -0.3 is 0 Å². The molecular formula is C16H14Br3F. The second-order valence-electron chi connectivity index (χ2n) is 4.79. The van der Waals surface area contributed by atoms with Crippen LogP contribution >= 0.6 is 47.8 Å². The molecule has 4 heteroatoms. The zero-order chi connectivity index (χ0) is 14.5. The van der Waals surface area contributed by atoms with Gasteiger partial charge in [0.25, 0.3) is 0 Å². The maximum atomic E-state index is 13.1. The Kier molecular flexibility index (Phi) is 6.24. The summed E-state index contributed by atoms with van der Waals surface area (Å²) in [6.45, 7) is 0. The van der Waals surface area contributed by atoms with Gasteiger partial charge in [0, 0.05) is 14.3 Å². The highest BCUT2D eigenvalue weighted by Gasteiger charge is 2.12. The molecule has 0 N–H and O–H groups in total. The normalized spacial score (nSPS) is 12.4. The molecule has 0 nitrogen and oxygen atoms in total. The highest BCUT2D eigenvalue weighted by atomic mass is 79.9. The third-order valence-electron chi connectivity index (χ3n) is 3.18. The molecule has 0 aliphatic heterocycles. The van der Waals surface area contributed by atoms with Crippen LogP contribution in [0.3, 0.4) is 0 Å². The van der Waals surface area contributed by atoms with E-state index in [1.165, 1.54) is 17.7 Å². The Morgan fingerprint density at radius 3 is 2.25 bits per heavy atom. The van der Waals surface area contributed by atoms with Crippen LogP contribution in [0.5, 0.6) is 0 Å². The topological polar surface area (TPSA) is 0 Å². The summed E-state index contributed by atoms with van der Waals surface area (Å²) < 4.78 is 15.0. The predicted octanol–water partition coefficient (Wildman–Crippen LogP) is 6.15. The fourth-order valence-corrected chi connectivity index (χ4v) is 3.37. The SMILES string of the molecule is Fc1ccc(CC(CBr)Cc2ccc(Br)cc2)c(Br)c1. The summed E-state index contributed by atoms with van der Waals surface area (Å²) in [7, 11) is 0. The lowest BCUT2D eigenvalue weighted by Gasteiger charge is -2.15. The molecule has 2 aromatic rings. The quantitative estimate of drug-likeness (QED) is 0.466. The summed E-state index contributed by atoms with van der Waals surface area (Å²) in [6.07, 6.45) is 1.92. The van der Waals surface area contributed by atoms with Gasteiger partial charge in [0.05, 0.1) is 0 Å². The smallest absolute Gasteiger partial charge is 0.124 e. The van der Waals surface area contributed by atoms with E-state index in [1.807, 2.05) is 6.07 Å². The van der Waals surface area contributed by atoms with Gasteiger partial charge in [-0.2, -0.15) is 0 Å². The number of hydrogen-bond donors (Lipinski definition) is 0. The van der Waals surface area contributed by atoms with Gasteiger partial charge in [0.1, 0.15) is 5.82 Å². The van der Waals surface area contributed by atoms with Crippen LogP contribution in [0.2, 0.25) is 0 Å². The van der Waals surface area contributed by atoms with Crippen molar-refractivity contribution < 1.29 is 4.39 Å². The van der Waals surface area contributed by atoms with E-state index in [1.54, 1.807) is 0 Å². The fraction of sp³-hybridized carbons (Fsp3) is 0.250. The Morgan fingerprint density at radius 2 is 1.65 bits per heavy atom. The molecule has 0 radical (unpaired) electrons. The fourth-order valence-electron chi connectivity index (χ4n) is 2.13. The number of alkyl halides is 1. The minimum absolute atomic E-state index is 0.205. The number of halogens is 4. The van der Waals surface area contributed by atoms with Gasteiger partial charge in [0.2, 0.25) is 0 Å². The van der Waals surface area contributed by atoms with Crippen molar-refractivity contribution in [3.05, 3.63) is 68.4 Å². The maximum absolute atomic E-state index is 13.1. The van der Waals surface area contributed by atoms with Crippen molar-refractivity contribution >= 4 is 47.8 Å². The standard InChI is InChI=1S/C16H14Br3F/c17-10-12(7-11-1-4-14(18)5-2-11)8-13-3-6-15(20)9-16(13)19/h1-6,9,12H,7-8,10H2. The molecule has 0 aliphatic rings. The third kappa shape index (κ3) is 4.68. The van der Waals surface area contributed by atoms with Gasteiger partial charge in [-0.25, -0.2) is 4.39 Å². The molecule has 0 amide bonds. The lowest BCUT2D eigenvalue weighted by atomic mass is 9.94. The molecule has 0 saturated heterocycles.